The molecule has 0 radical (unpaired) electrons. The van der Waals surface area contributed by atoms with Gasteiger partial charge in [-0.15, -0.1) is 0 Å². The number of hydrogen-bond acceptors (Lipinski definition) is 6. The SMILES string of the molecule is C=C1C(=O)O[C@@H]2C[C@@]3(C)O[C@H]3[C@H]3O[C@@H]3C3=C[C@H](OC3=O)[C@@H]12. The Labute approximate surface area is 120 Å². The quantitative estimate of drug-likeness (QED) is 0.362. The fourth-order valence-corrected chi connectivity index (χ4v) is 3.92. The molecule has 0 saturated carbocycles. The zero-order chi connectivity index (χ0) is 14.5. The maximum absolute atomic E-state index is 12.0. The van der Waals surface area contributed by atoms with Crippen LogP contribution in [0.1, 0.15) is 13.3 Å². The molecule has 0 aromatic rings. The van der Waals surface area contributed by atoms with Crippen molar-refractivity contribution in [3.8, 4) is 0 Å². The molecule has 4 aliphatic heterocycles. The van der Waals surface area contributed by atoms with Crippen LogP contribution >= 0.6 is 0 Å². The Morgan fingerprint density at radius 3 is 2.90 bits per heavy atom. The van der Waals surface area contributed by atoms with Crippen molar-refractivity contribution < 1.29 is 28.5 Å². The molecule has 0 unspecified atom stereocenters. The second-order valence-electron chi connectivity index (χ2n) is 6.56. The lowest BCUT2D eigenvalue weighted by atomic mass is 9.83. The number of esters is 2. The third-order valence-electron chi connectivity index (χ3n) is 5.18. The van der Waals surface area contributed by atoms with Crippen molar-refractivity contribution in [1.82, 2.24) is 0 Å². The van der Waals surface area contributed by atoms with E-state index in [0.29, 0.717) is 17.6 Å². The van der Waals surface area contributed by atoms with Crippen molar-refractivity contribution in [2.75, 3.05) is 0 Å². The van der Waals surface area contributed by atoms with E-state index < -0.39 is 12.1 Å². The first-order valence-electron chi connectivity index (χ1n) is 7.14. The summed E-state index contributed by atoms with van der Waals surface area (Å²) in [4.78, 5) is 23.9. The van der Waals surface area contributed by atoms with Crippen molar-refractivity contribution >= 4 is 11.9 Å². The molecule has 0 N–H and O–H groups in total. The fourth-order valence-electron chi connectivity index (χ4n) is 3.92. The minimum atomic E-state index is -0.500. The first kappa shape index (κ1) is 11.9. The molecule has 5 rings (SSSR count). The molecular formula is C15H14O6. The van der Waals surface area contributed by atoms with Crippen LogP contribution in [-0.2, 0) is 28.5 Å². The van der Waals surface area contributed by atoms with Crippen LogP contribution in [0.4, 0.5) is 0 Å². The van der Waals surface area contributed by atoms with Crippen molar-refractivity contribution in [1.29, 1.82) is 0 Å². The topological polar surface area (TPSA) is 77.7 Å². The largest absolute Gasteiger partial charge is 0.458 e. The number of epoxide rings is 2. The molecule has 0 spiro atoms. The first-order valence-corrected chi connectivity index (χ1v) is 7.14. The van der Waals surface area contributed by atoms with Gasteiger partial charge in [-0.3, -0.25) is 0 Å². The lowest BCUT2D eigenvalue weighted by Gasteiger charge is -2.23. The molecule has 2 bridgehead atoms. The Kier molecular flexibility index (Phi) is 1.93. The van der Waals surface area contributed by atoms with Crippen LogP contribution in [0.2, 0.25) is 0 Å². The normalized spacial score (nSPS) is 53.0. The van der Waals surface area contributed by atoms with Crippen LogP contribution in [0.25, 0.3) is 0 Å². The summed E-state index contributed by atoms with van der Waals surface area (Å²) in [5, 5.41) is 0. The Bertz CT molecular complexity index is 636. The third kappa shape index (κ3) is 1.44. The lowest BCUT2D eigenvalue weighted by Crippen LogP contribution is -2.33. The van der Waals surface area contributed by atoms with Gasteiger partial charge in [0.05, 0.1) is 17.1 Å². The number of rotatable bonds is 0. The summed E-state index contributed by atoms with van der Waals surface area (Å²) >= 11 is 0. The molecular weight excluding hydrogens is 276 g/mol. The standard InChI is InChI=1S/C15H14O6/c1-5-9-7-3-6(14(17)18-7)10-11(20-10)12-15(2,21-12)4-8(9)19-13(5)16/h3,7-12H,1,4H2,2H3/t7-,8+,9+,10+,11-,12-,15+/m0/s1. The number of carbonyl (C=O) groups excluding carboxylic acids is 2. The molecule has 110 valence electrons. The van der Waals surface area contributed by atoms with Gasteiger partial charge in [0.1, 0.15) is 30.5 Å². The van der Waals surface area contributed by atoms with E-state index in [9.17, 15) is 9.59 Å². The highest BCUT2D eigenvalue weighted by Crippen LogP contribution is 2.54. The number of ether oxygens (including phenoxy) is 4. The van der Waals surface area contributed by atoms with Gasteiger partial charge >= 0.3 is 11.9 Å². The van der Waals surface area contributed by atoms with Crippen LogP contribution in [0.15, 0.2) is 23.8 Å². The highest BCUT2D eigenvalue weighted by molar-refractivity contribution is 5.94. The van der Waals surface area contributed by atoms with Gasteiger partial charge in [-0.25, -0.2) is 9.59 Å². The summed E-state index contributed by atoms with van der Waals surface area (Å²) in [5.41, 5.74) is 0.536. The predicted octanol–water partition coefficient (Wildman–Crippen LogP) is 0.265. The zero-order valence-electron chi connectivity index (χ0n) is 11.4. The second kappa shape index (κ2) is 3.39. The molecule has 4 heterocycles. The monoisotopic (exact) mass is 290 g/mol. The third-order valence-corrected chi connectivity index (χ3v) is 5.18. The number of hydrogen-bond donors (Lipinski definition) is 0. The highest BCUT2D eigenvalue weighted by atomic mass is 16.7. The van der Waals surface area contributed by atoms with Crippen LogP contribution in [0.5, 0.6) is 0 Å². The summed E-state index contributed by atoms with van der Waals surface area (Å²) in [6.45, 7) is 5.80. The fraction of sp³-hybridized carbons (Fsp3) is 0.600. The van der Waals surface area contributed by atoms with Crippen LogP contribution < -0.4 is 0 Å². The zero-order valence-corrected chi connectivity index (χ0v) is 11.4. The number of carbonyl (C=O) groups is 2. The first-order chi connectivity index (χ1) is 9.98. The molecule has 3 saturated heterocycles. The van der Waals surface area contributed by atoms with Gasteiger partial charge < -0.3 is 18.9 Å². The minimum absolute atomic E-state index is 0.0541. The molecule has 0 amide bonds. The Balaban J connectivity index is 1.59. The average Bonchev–Trinajstić information content (AvgIpc) is 3.25. The lowest BCUT2D eigenvalue weighted by molar-refractivity contribution is -0.143. The van der Waals surface area contributed by atoms with Crippen molar-refractivity contribution in [2.24, 2.45) is 5.92 Å². The van der Waals surface area contributed by atoms with Gasteiger partial charge in [0.2, 0.25) is 0 Å². The average molecular weight is 290 g/mol. The Morgan fingerprint density at radius 1 is 1.29 bits per heavy atom. The maximum atomic E-state index is 12.0. The maximum Gasteiger partial charge on any atom is 0.337 e. The molecule has 7 atom stereocenters. The molecule has 6 nitrogen and oxygen atoms in total. The molecule has 3 fully saturated rings. The van der Waals surface area contributed by atoms with Gasteiger partial charge in [-0.2, -0.15) is 0 Å². The van der Waals surface area contributed by atoms with E-state index in [1.807, 2.05) is 6.92 Å². The van der Waals surface area contributed by atoms with Crippen molar-refractivity contribution in [3.63, 3.8) is 0 Å². The Morgan fingerprint density at radius 2 is 2.10 bits per heavy atom. The molecule has 21 heavy (non-hydrogen) atoms. The van der Waals surface area contributed by atoms with Crippen molar-refractivity contribution in [2.45, 2.75) is 49.5 Å². The summed E-state index contributed by atoms with van der Waals surface area (Å²) in [7, 11) is 0. The summed E-state index contributed by atoms with van der Waals surface area (Å²) < 4.78 is 22.3. The van der Waals surface area contributed by atoms with Gasteiger partial charge in [0.15, 0.2) is 0 Å². The highest BCUT2D eigenvalue weighted by Gasteiger charge is 2.68. The molecule has 5 aliphatic rings. The molecule has 6 heteroatoms. The molecule has 0 aromatic heterocycles. The second-order valence-corrected chi connectivity index (χ2v) is 6.56. The van der Waals surface area contributed by atoms with Gasteiger partial charge in [0.25, 0.3) is 0 Å². The minimum Gasteiger partial charge on any atom is -0.458 e. The van der Waals surface area contributed by atoms with E-state index in [-0.39, 0.29) is 41.9 Å². The Hall–Kier alpha value is -1.66. The summed E-state index contributed by atoms with van der Waals surface area (Å²) in [5.74, 6) is -1.12. The van der Waals surface area contributed by atoms with Crippen LogP contribution in [-0.4, -0.2) is 48.1 Å². The summed E-state index contributed by atoms with van der Waals surface area (Å²) in [6.07, 6.45) is 1.08. The van der Waals surface area contributed by atoms with E-state index in [4.69, 9.17) is 18.9 Å². The molecule has 0 aromatic carbocycles. The smallest absolute Gasteiger partial charge is 0.337 e. The van der Waals surface area contributed by atoms with E-state index in [1.54, 1.807) is 6.08 Å². The van der Waals surface area contributed by atoms with Gasteiger partial charge in [0, 0.05) is 12.0 Å². The van der Waals surface area contributed by atoms with E-state index in [0.717, 1.165) is 0 Å². The van der Waals surface area contributed by atoms with E-state index in [2.05, 4.69) is 6.58 Å². The molecule has 1 aliphatic carbocycles. The van der Waals surface area contributed by atoms with E-state index in [1.165, 1.54) is 0 Å². The van der Waals surface area contributed by atoms with Crippen LogP contribution in [0, 0.1) is 5.92 Å². The van der Waals surface area contributed by atoms with Crippen molar-refractivity contribution in [3.05, 3.63) is 23.8 Å². The summed E-state index contributed by atoms with van der Waals surface area (Å²) in [6, 6.07) is 0. The predicted molar refractivity (Wildman–Crippen MR) is 67.0 cm³/mol. The number of fused-ring (bicyclic) bond motifs is 7. The van der Waals surface area contributed by atoms with Crippen LogP contribution in [0.3, 0.4) is 0 Å². The van der Waals surface area contributed by atoms with Gasteiger partial charge in [-0.05, 0) is 13.0 Å². The van der Waals surface area contributed by atoms with E-state index >= 15 is 0 Å². The van der Waals surface area contributed by atoms with Gasteiger partial charge in [-0.1, -0.05) is 6.58 Å².